The largest absolute Gasteiger partial charge is 0.460 e. The molecule has 3 aromatic heterocycles. The molecule has 114 valence electrons. The summed E-state index contributed by atoms with van der Waals surface area (Å²) in [6, 6.07) is 4.32. The number of furan rings is 1. The van der Waals surface area contributed by atoms with Gasteiger partial charge in [-0.05, 0) is 25.5 Å². The Balaban J connectivity index is 1.44. The minimum absolute atomic E-state index is 0.398. The molecule has 0 radical (unpaired) electrons. The van der Waals surface area contributed by atoms with Crippen LogP contribution in [0.2, 0.25) is 0 Å². The zero-order valence-electron chi connectivity index (χ0n) is 12.4. The summed E-state index contributed by atoms with van der Waals surface area (Å²) in [5.74, 6) is 2.80. The van der Waals surface area contributed by atoms with Gasteiger partial charge in [0.25, 0.3) is 0 Å². The maximum Gasteiger partial charge on any atom is 0.152 e. The number of nitrogens with one attached hydrogen (secondary N) is 2. The van der Waals surface area contributed by atoms with Gasteiger partial charge in [0.2, 0.25) is 0 Å². The first kappa shape index (κ1) is 13.3. The van der Waals surface area contributed by atoms with E-state index < -0.39 is 0 Å². The summed E-state index contributed by atoms with van der Waals surface area (Å²) in [7, 11) is 0. The van der Waals surface area contributed by atoms with Gasteiger partial charge in [-0.1, -0.05) is 0 Å². The van der Waals surface area contributed by atoms with Crippen LogP contribution in [0.25, 0.3) is 11.5 Å². The number of hydrogen-bond acceptors (Lipinski definition) is 5. The fourth-order valence-corrected chi connectivity index (χ4v) is 2.89. The van der Waals surface area contributed by atoms with Gasteiger partial charge in [-0.2, -0.15) is 10.2 Å². The van der Waals surface area contributed by atoms with Gasteiger partial charge in [-0.25, -0.2) is 9.67 Å². The second kappa shape index (κ2) is 5.42. The Morgan fingerprint density at radius 1 is 1.45 bits per heavy atom. The molecule has 4 heterocycles. The monoisotopic (exact) mass is 298 g/mol. The van der Waals surface area contributed by atoms with Gasteiger partial charge in [0, 0.05) is 24.6 Å². The Hall–Kier alpha value is -2.41. The van der Waals surface area contributed by atoms with Crippen molar-refractivity contribution < 1.29 is 4.42 Å². The number of H-pyrrole nitrogens is 1. The quantitative estimate of drug-likeness (QED) is 0.765. The third-order valence-electron chi connectivity index (χ3n) is 4.09. The fourth-order valence-electron chi connectivity index (χ4n) is 2.89. The van der Waals surface area contributed by atoms with Crippen LogP contribution in [0.5, 0.6) is 0 Å². The lowest BCUT2D eigenvalue weighted by Gasteiger charge is -2.23. The standard InChI is InChI=1S/C15H18N6O/c1-10-2-4-13(22-10)15-11(7-18-20-15)6-16-12-3-5-14-17-9-19-21(14)8-12/h2,4,7,9,12,16H,3,5-6,8H2,1H3,(H,18,20)/t12-/m0/s1. The molecule has 1 aliphatic heterocycles. The van der Waals surface area contributed by atoms with Crippen molar-refractivity contribution >= 4 is 0 Å². The summed E-state index contributed by atoms with van der Waals surface area (Å²) in [5.41, 5.74) is 2.05. The average Bonchev–Trinajstić information content (AvgIpc) is 3.24. The zero-order chi connectivity index (χ0) is 14.9. The first-order valence-corrected chi connectivity index (χ1v) is 7.49. The van der Waals surface area contributed by atoms with E-state index in [0.717, 1.165) is 54.5 Å². The van der Waals surface area contributed by atoms with Crippen molar-refractivity contribution in [2.45, 2.75) is 38.9 Å². The topological polar surface area (TPSA) is 84.6 Å². The number of aromatic nitrogens is 5. The lowest BCUT2D eigenvalue weighted by molar-refractivity contribution is 0.358. The number of aromatic amines is 1. The van der Waals surface area contributed by atoms with Gasteiger partial charge in [0.1, 0.15) is 23.6 Å². The normalized spacial score (nSPS) is 17.6. The van der Waals surface area contributed by atoms with Crippen molar-refractivity contribution in [2.24, 2.45) is 0 Å². The molecule has 0 saturated heterocycles. The molecule has 0 unspecified atom stereocenters. The predicted octanol–water partition coefficient (Wildman–Crippen LogP) is 1.67. The van der Waals surface area contributed by atoms with Gasteiger partial charge < -0.3 is 9.73 Å². The second-order valence-electron chi connectivity index (χ2n) is 5.66. The highest BCUT2D eigenvalue weighted by Gasteiger charge is 2.20. The fraction of sp³-hybridized carbons (Fsp3) is 0.400. The average molecular weight is 298 g/mol. The molecule has 0 amide bonds. The number of hydrogen-bond donors (Lipinski definition) is 2. The van der Waals surface area contributed by atoms with Crippen molar-refractivity contribution in [1.82, 2.24) is 30.3 Å². The Morgan fingerprint density at radius 2 is 2.41 bits per heavy atom. The molecule has 1 aliphatic rings. The SMILES string of the molecule is Cc1ccc(-c2[nH]ncc2CN[C@H]2CCc3ncnn3C2)o1. The van der Waals surface area contributed by atoms with E-state index in [9.17, 15) is 0 Å². The molecule has 7 nitrogen and oxygen atoms in total. The number of rotatable bonds is 4. The summed E-state index contributed by atoms with van der Waals surface area (Å²) in [5, 5.41) is 15.0. The number of fused-ring (bicyclic) bond motifs is 1. The molecule has 22 heavy (non-hydrogen) atoms. The molecule has 0 saturated carbocycles. The maximum absolute atomic E-state index is 5.68. The molecule has 0 fully saturated rings. The lowest BCUT2D eigenvalue weighted by Crippen LogP contribution is -2.37. The van der Waals surface area contributed by atoms with Crippen molar-refractivity contribution in [3.63, 3.8) is 0 Å². The molecule has 0 spiro atoms. The van der Waals surface area contributed by atoms with E-state index >= 15 is 0 Å². The molecule has 0 bridgehead atoms. The molecule has 3 aromatic rings. The van der Waals surface area contributed by atoms with Gasteiger partial charge >= 0.3 is 0 Å². The van der Waals surface area contributed by atoms with Gasteiger partial charge in [0.05, 0.1) is 12.7 Å². The highest BCUT2D eigenvalue weighted by molar-refractivity contribution is 5.56. The summed E-state index contributed by atoms with van der Waals surface area (Å²) in [6.45, 7) is 3.55. The van der Waals surface area contributed by atoms with E-state index in [-0.39, 0.29) is 0 Å². The summed E-state index contributed by atoms with van der Waals surface area (Å²) < 4.78 is 7.65. The molecular formula is C15H18N6O. The molecule has 2 N–H and O–H groups in total. The third-order valence-corrected chi connectivity index (χ3v) is 4.09. The van der Waals surface area contributed by atoms with Crippen LogP contribution in [-0.4, -0.2) is 31.0 Å². The Bertz CT molecular complexity index is 770. The van der Waals surface area contributed by atoms with E-state index in [1.54, 1.807) is 6.33 Å². The van der Waals surface area contributed by atoms with E-state index in [1.807, 2.05) is 29.9 Å². The van der Waals surface area contributed by atoms with Crippen molar-refractivity contribution in [1.29, 1.82) is 0 Å². The molecule has 0 aliphatic carbocycles. The van der Waals surface area contributed by atoms with Crippen LogP contribution in [0.15, 0.2) is 29.1 Å². The van der Waals surface area contributed by atoms with Crippen LogP contribution in [0.4, 0.5) is 0 Å². The highest BCUT2D eigenvalue weighted by Crippen LogP contribution is 2.23. The predicted molar refractivity (Wildman–Crippen MR) is 80.0 cm³/mol. The highest BCUT2D eigenvalue weighted by atomic mass is 16.3. The minimum Gasteiger partial charge on any atom is -0.460 e. The van der Waals surface area contributed by atoms with E-state index in [2.05, 4.69) is 25.6 Å². The van der Waals surface area contributed by atoms with Crippen LogP contribution >= 0.6 is 0 Å². The minimum atomic E-state index is 0.398. The summed E-state index contributed by atoms with van der Waals surface area (Å²) in [4.78, 5) is 4.25. The van der Waals surface area contributed by atoms with Crippen LogP contribution in [0.3, 0.4) is 0 Å². The molecule has 4 rings (SSSR count). The summed E-state index contributed by atoms with van der Waals surface area (Å²) >= 11 is 0. The van der Waals surface area contributed by atoms with E-state index in [1.165, 1.54) is 0 Å². The number of aryl methyl sites for hydroxylation is 2. The molecule has 7 heteroatoms. The van der Waals surface area contributed by atoms with Gasteiger partial charge in [-0.3, -0.25) is 5.10 Å². The van der Waals surface area contributed by atoms with Crippen molar-refractivity contribution in [3.05, 3.63) is 41.8 Å². The zero-order valence-corrected chi connectivity index (χ0v) is 12.4. The smallest absolute Gasteiger partial charge is 0.152 e. The second-order valence-corrected chi connectivity index (χ2v) is 5.66. The van der Waals surface area contributed by atoms with Gasteiger partial charge in [0.15, 0.2) is 5.76 Å². The van der Waals surface area contributed by atoms with Crippen LogP contribution < -0.4 is 5.32 Å². The Labute approximate surface area is 127 Å². The lowest BCUT2D eigenvalue weighted by atomic mass is 10.1. The van der Waals surface area contributed by atoms with Crippen LogP contribution in [0.1, 0.15) is 23.6 Å². The van der Waals surface area contributed by atoms with Crippen LogP contribution in [-0.2, 0) is 19.5 Å². The van der Waals surface area contributed by atoms with E-state index in [4.69, 9.17) is 4.42 Å². The van der Waals surface area contributed by atoms with Crippen molar-refractivity contribution in [2.75, 3.05) is 0 Å². The maximum atomic E-state index is 5.68. The summed E-state index contributed by atoms with van der Waals surface area (Å²) in [6.07, 6.45) is 5.52. The van der Waals surface area contributed by atoms with E-state index in [0.29, 0.717) is 6.04 Å². The molecular weight excluding hydrogens is 280 g/mol. The van der Waals surface area contributed by atoms with Crippen molar-refractivity contribution in [3.8, 4) is 11.5 Å². The first-order valence-electron chi connectivity index (χ1n) is 7.49. The van der Waals surface area contributed by atoms with Gasteiger partial charge in [-0.15, -0.1) is 0 Å². The third kappa shape index (κ3) is 2.43. The number of nitrogens with zero attached hydrogens (tertiary/aromatic N) is 4. The van der Waals surface area contributed by atoms with Crippen LogP contribution in [0, 0.1) is 6.92 Å². The Kier molecular flexibility index (Phi) is 3.27. The molecule has 0 aromatic carbocycles. The Morgan fingerprint density at radius 3 is 3.27 bits per heavy atom. The first-order chi connectivity index (χ1) is 10.8. The molecule has 1 atom stereocenters.